The molecule has 6 rings (SSSR count). The molecule has 2 atom stereocenters. The molecule has 1 aliphatic heterocycles. The van der Waals surface area contributed by atoms with Crippen molar-refractivity contribution in [3.63, 3.8) is 0 Å². The molecule has 0 spiro atoms. The first-order valence-corrected chi connectivity index (χ1v) is 15.5. The Bertz CT molecular complexity index is 1970. The van der Waals surface area contributed by atoms with Crippen LogP contribution < -0.4 is 11.0 Å². The first kappa shape index (κ1) is 32.6. The molecule has 250 valence electrons. The third-order valence-electron chi connectivity index (χ3n) is 8.78. The van der Waals surface area contributed by atoms with Crippen molar-refractivity contribution in [2.45, 2.75) is 58.4 Å². The number of aromatic nitrogens is 4. The third kappa shape index (κ3) is 6.20. The van der Waals surface area contributed by atoms with Crippen molar-refractivity contribution in [1.82, 2.24) is 29.1 Å². The highest BCUT2D eigenvalue weighted by Gasteiger charge is 2.44. The van der Waals surface area contributed by atoms with E-state index in [1.807, 2.05) is 20.8 Å². The smallest absolute Gasteiger partial charge is 0.416 e. The zero-order chi connectivity index (χ0) is 34.5. The van der Waals surface area contributed by atoms with Gasteiger partial charge in [0.15, 0.2) is 0 Å². The van der Waals surface area contributed by atoms with Crippen molar-refractivity contribution in [3.8, 4) is 28.8 Å². The fourth-order valence-corrected chi connectivity index (χ4v) is 6.72. The van der Waals surface area contributed by atoms with E-state index in [0.29, 0.717) is 42.9 Å². The molecule has 3 heterocycles. The number of imidazole rings is 1. The van der Waals surface area contributed by atoms with Crippen LogP contribution in [0.2, 0.25) is 0 Å². The van der Waals surface area contributed by atoms with Crippen molar-refractivity contribution < 1.29 is 27.5 Å². The molecule has 14 heteroatoms. The van der Waals surface area contributed by atoms with Gasteiger partial charge in [-0.2, -0.15) is 23.5 Å². The molecule has 2 aromatic heterocycles. The number of alkyl halides is 3. The maximum absolute atomic E-state index is 14.1. The summed E-state index contributed by atoms with van der Waals surface area (Å²) in [6, 6.07) is 13.5. The Morgan fingerprint density at radius 1 is 1.00 bits per heavy atom. The summed E-state index contributed by atoms with van der Waals surface area (Å²) in [4.78, 5) is 42.5. The fraction of sp³-hybridized carbons (Fsp3) is 0.382. The fourth-order valence-electron chi connectivity index (χ4n) is 6.72. The lowest BCUT2D eigenvalue weighted by molar-refractivity contribution is -0.137. The predicted molar refractivity (Wildman–Crippen MR) is 169 cm³/mol. The molecule has 1 aliphatic carbocycles. The molecule has 2 fully saturated rings. The van der Waals surface area contributed by atoms with E-state index >= 15 is 0 Å². The number of benzene rings is 2. The molecule has 48 heavy (non-hydrogen) atoms. The first-order valence-electron chi connectivity index (χ1n) is 15.5. The van der Waals surface area contributed by atoms with Crippen molar-refractivity contribution in [2.75, 3.05) is 13.1 Å². The summed E-state index contributed by atoms with van der Waals surface area (Å²) in [5, 5.41) is 16.6. The summed E-state index contributed by atoms with van der Waals surface area (Å²) in [5.74, 6) is 0.265. The van der Waals surface area contributed by atoms with Crippen LogP contribution in [0.15, 0.2) is 65.6 Å². The van der Waals surface area contributed by atoms with Crippen LogP contribution in [-0.4, -0.2) is 60.7 Å². The van der Waals surface area contributed by atoms with Crippen LogP contribution in [0.3, 0.4) is 0 Å². The Morgan fingerprint density at radius 2 is 1.67 bits per heavy atom. The number of hydrogen-bond donors (Lipinski definition) is 1. The van der Waals surface area contributed by atoms with Crippen LogP contribution in [0, 0.1) is 30.1 Å². The molecule has 11 nitrogen and oxygen atoms in total. The van der Waals surface area contributed by atoms with Gasteiger partial charge in [-0.1, -0.05) is 6.07 Å². The number of carbonyl (C=O) groups is 2. The zero-order valence-electron chi connectivity index (χ0n) is 26.8. The van der Waals surface area contributed by atoms with Crippen LogP contribution in [0.5, 0.6) is 0 Å². The summed E-state index contributed by atoms with van der Waals surface area (Å²) in [6.45, 7) is 7.97. The SMILES string of the molecule is Cc1c(-c2ccnn2-c2ccc(C#N)cc2)n(C(=O)NC2CC3CN(C(=O)OC(C)(C)C)CC3C2)c(=O)n1-c1cccc(C(F)(F)F)c1. The predicted octanol–water partition coefficient (Wildman–Crippen LogP) is 5.89. The van der Waals surface area contributed by atoms with E-state index in [9.17, 15) is 32.8 Å². The van der Waals surface area contributed by atoms with E-state index < -0.39 is 29.1 Å². The van der Waals surface area contributed by atoms with E-state index in [-0.39, 0.29) is 41.0 Å². The second-order valence-electron chi connectivity index (χ2n) is 13.2. The molecule has 4 aromatic rings. The van der Waals surface area contributed by atoms with Gasteiger partial charge in [0.05, 0.1) is 46.2 Å². The van der Waals surface area contributed by atoms with E-state index in [1.165, 1.54) is 23.0 Å². The van der Waals surface area contributed by atoms with Gasteiger partial charge in [-0.25, -0.2) is 23.6 Å². The first-order chi connectivity index (χ1) is 22.6. The molecular weight excluding hydrogens is 627 g/mol. The number of fused-ring (bicyclic) bond motifs is 1. The van der Waals surface area contributed by atoms with Gasteiger partial charge in [-0.05, 0) is 101 Å². The second-order valence-corrected chi connectivity index (χ2v) is 13.2. The largest absolute Gasteiger partial charge is 0.444 e. The number of rotatable bonds is 4. The van der Waals surface area contributed by atoms with Crippen LogP contribution in [0.1, 0.15) is 50.4 Å². The van der Waals surface area contributed by atoms with Gasteiger partial charge in [0, 0.05) is 19.1 Å². The van der Waals surface area contributed by atoms with Crippen molar-refractivity contribution in [1.29, 1.82) is 5.26 Å². The van der Waals surface area contributed by atoms with Crippen molar-refractivity contribution >= 4 is 12.1 Å². The molecule has 0 radical (unpaired) electrons. The number of hydrogen-bond acceptors (Lipinski definition) is 6. The normalized spacial score (nSPS) is 19.2. The topological polar surface area (TPSA) is 127 Å². The number of nitrogens with zero attached hydrogens (tertiary/aromatic N) is 6. The number of carbonyl (C=O) groups excluding carboxylic acids is 2. The Morgan fingerprint density at radius 3 is 2.27 bits per heavy atom. The van der Waals surface area contributed by atoms with Gasteiger partial charge in [0.1, 0.15) is 11.3 Å². The lowest BCUT2D eigenvalue weighted by Gasteiger charge is -2.25. The maximum atomic E-state index is 14.1. The average molecular weight is 662 g/mol. The minimum Gasteiger partial charge on any atom is -0.444 e. The highest BCUT2D eigenvalue weighted by Crippen LogP contribution is 2.39. The lowest BCUT2D eigenvalue weighted by Crippen LogP contribution is -2.42. The molecule has 1 N–H and O–H groups in total. The second kappa shape index (κ2) is 12.0. The molecule has 1 saturated carbocycles. The van der Waals surface area contributed by atoms with Gasteiger partial charge in [-0.15, -0.1) is 0 Å². The monoisotopic (exact) mass is 661 g/mol. The quantitative estimate of drug-likeness (QED) is 0.291. The molecule has 1 saturated heterocycles. The van der Waals surface area contributed by atoms with E-state index in [1.54, 1.807) is 42.2 Å². The highest BCUT2D eigenvalue weighted by molar-refractivity contribution is 5.83. The Balaban J connectivity index is 1.35. The highest BCUT2D eigenvalue weighted by atomic mass is 19.4. The summed E-state index contributed by atoms with van der Waals surface area (Å²) >= 11 is 0. The molecular formula is C34H34F3N7O4. The number of ether oxygens (including phenoxy) is 1. The number of likely N-dealkylation sites (tertiary alicyclic amines) is 1. The number of halogens is 3. The lowest BCUT2D eigenvalue weighted by atomic mass is 10.0. The number of nitriles is 1. The van der Waals surface area contributed by atoms with Crippen LogP contribution in [-0.2, 0) is 10.9 Å². The van der Waals surface area contributed by atoms with Gasteiger partial charge < -0.3 is 15.0 Å². The molecule has 2 aromatic carbocycles. The average Bonchev–Trinajstić information content (AvgIpc) is 3.78. The summed E-state index contributed by atoms with van der Waals surface area (Å²) in [6.07, 6.45) is -2.38. The summed E-state index contributed by atoms with van der Waals surface area (Å²) in [5.41, 5.74) is -0.787. The maximum Gasteiger partial charge on any atom is 0.416 e. The van der Waals surface area contributed by atoms with Gasteiger partial charge in [0.25, 0.3) is 0 Å². The van der Waals surface area contributed by atoms with Gasteiger partial charge in [0.2, 0.25) is 0 Å². The summed E-state index contributed by atoms with van der Waals surface area (Å²) in [7, 11) is 0. The molecule has 0 bridgehead atoms. The third-order valence-corrected chi connectivity index (χ3v) is 8.78. The van der Waals surface area contributed by atoms with Crippen LogP contribution >= 0.6 is 0 Å². The molecule has 2 amide bonds. The van der Waals surface area contributed by atoms with Gasteiger partial charge in [-0.3, -0.25) is 4.57 Å². The Labute approximate surface area is 274 Å². The number of amides is 2. The minimum atomic E-state index is -4.65. The summed E-state index contributed by atoms with van der Waals surface area (Å²) < 4.78 is 50.0. The Hall–Kier alpha value is -5.32. The zero-order valence-corrected chi connectivity index (χ0v) is 26.8. The molecule has 2 aliphatic rings. The van der Waals surface area contributed by atoms with Crippen molar-refractivity contribution in [3.05, 3.63) is 88.1 Å². The van der Waals surface area contributed by atoms with E-state index in [2.05, 4.69) is 16.5 Å². The Kier molecular flexibility index (Phi) is 8.18. The van der Waals surface area contributed by atoms with E-state index in [4.69, 9.17) is 4.74 Å². The minimum absolute atomic E-state index is 0.0535. The standard InChI is InChI=1S/C34H34F3N7O4/c1-20-29(28-12-13-39-44(28)26-10-8-21(17-38)9-11-26)43(31(46)42(20)27-7-5-6-24(16-27)34(35,36)37)30(45)40-25-14-22-18-41(19-23(22)15-25)32(47)48-33(2,3)4/h5-13,16,22-23,25H,14-15,18-19H2,1-4H3,(H,40,45). The molecule has 2 unspecified atom stereocenters. The number of nitrogens with one attached hydrogen (secondary N) is 1. The van der Waals surface area contributed by atoms with Crippen LogP contribution in [0.4, 0.5) is 22.8 Å². The van der Waals surface area contributed by atoms with E-state index in [0.717, 1.165) is 21.3 Å². The van der Waals surface area contributed by atoms with Gasteiger partial charge >= 0.3 is 24.0 Å². The van der Waals surface area contributed by atoms with Crippen LogP contribution in [0.25, 0.3) is 22.8 Å². The van der Waals surface area contributed by atoms with Crippen molar-refractivity contribution in [2.24, 2.45) is 11.8 Å².